The van der Waals surface area contributed by atoms with Crippen molar-refractivity contribution in [3.05, 3.63) is 22.6 Å². The first-order chi connectivity index (χ1) is 4.74. The van der Waals surface area contributed by atoms with Crippen LogP contribution < -0.4 is 5.73 Å². The average Bonchev–Trinajstić information content (AvgIpc) is 2.34. The lowest BCUT2D eigenvalue weighted by molar-refractivity contribution is 0.375. The van der Waals surface area contributed by atoms with Gasteiger partial charge < -0.3 is 10.2 Å². The van der Waals surface area contributed by atoms with Gasteiger partial charge in [-0.05, 0) is 28.1 Å². The number of nitrogens with two attached hydrogens (primary N) is 1. The molecule has 1 atom stereocenters. The lowest BCUT2D eigenvalue weighted by Gasteiger charge is -1.99. The topological polar surface area (TPSA) is 39.2 Å². The van der Waals surface area contributed by atoms with Crippen LogP contribution in [0.5, 0.6) is 0 Å². The summed E-state index contributed by atoms with van der Waals surface area (Å²) in [6, 6.07) is 2.70. The van der Waals surface area contributed by atoms with Crippen LogP contribution in [0.1, 0.15) is 11.8 Å². The maximum atomic E-state index is 11.9. The Kier molecular flexibility index (Phi) is 4.72. The molecule has 0 saturated heterocycles. The third kappa shape index (κ3) is 2.81. The molecule has 0 aliphatic rings. The molecule has 0 fully saturated rings. The van der Waals surface area contributed by atoms with Crippen LogP contribution in [0.2, 0.25) is 0 Å². The molecule has 1 aromatic heterocycles. The van der Waals surface area contributed by atoms with Crippen molar-refractivity contribution >= 4 is 28.3 Å². The van der Waals surface area contributed by atoms with Gasteiger partial charge in [0.2, 0.25) is 0 Å². The van der Waals surface area contributed by atoms with E-state index < -0.39 is 12.7 Å². The molecule has 1 rings (SSSR count). The number of halogens is 3. The lowest BCUT2D eigenvalue weighted by atomic mass is 10.3. The molecule has 1 heterocycles. The molecule has 0 saturated carbocycles. The van der Waals surface area contributed by atoms with Crippen molar-refractivity contribution in [2.24, 2.45) is 5.73 Å². The quantitative estimate of drug-likeness (QED) is 0.868. The van der Waals surface area contributed by atoms with Gasteiger partial charge in [-0.15, -0.1) is 12.4 Å². The van der Waals surface area contributed by atoms with Crippen LogP contribution in [0.15, 0.2) is 21.2 Å². The largest absolute Gasteiger partial charge is 0.453 e. The molecule has 0 spiro atoms. The van der Waals surface area contributed by atoms with E-state index in [0.29, 0.717) is 10.4 Å². The second kappa shape index (κ2) is 4.74. The number of alkyl halides is 1. The van der Waals surface area contributed by atoms with E-state index in [9.17, 15) is 4.39 Å². The molecule has 2 N–H and O–H groups in total. The van der Waals surface area contributed by atoms with Crippen molar-refractivity contribution in [1.82, 2.24) is 0 Å². The van der Waals surface area contributed by atoms with Crippen LogP contribution in [0.25, 0.3) is 0 Å². The maximum Gasteiger partial charge on any atom is 0.169 e. The minimum atomic E-state index is -0.633. The molecule has 11 heavy (non-hydrogen) atoms. The van der Waals surface area contributed by atoms with Crippen LogP contribution in [-0.2, 0) is 0 Å². The molecule has 64 valence electrons. The maximum absolute atomic E-state index is 11.9. The predicted octanol–water partition coefficient (Wildman–Crippen LogP) is 2.43. The van der Waals surface area contributed by atoms with Gasteiger partial charge in [0.15, 0.2) is 4.67 Å². The highest BCUT2D eigenvalue weighted by atomic mass is 79.9. The van der Waals surface area contributed by atoms with Crippen LogP contribution >= 0.6 is 28.3 Å². The standard InChI is InChI=1S/C6H7BrFNO.ClH/c7-6-2-1-5(10-6)4(9)3-8;/h1-2,4H,3,9H2;1H/t4-;/m0./s1. The Morgan fingerprint density at radius 2 is 2.27 bits per heavy atom. The SMILES string of the molecule is Cl.N[C@@H](CF)c1ccc(Br)o1. The summed E-state index contributed by atoms with van der Waals surface area (Å²) in [7, 11) is 0. The highest BCUT2D eigenvalue weighted by Crippen LogP contribution is 2.18. The Labute approximate surface area is 78.5 Å². The van der Waals surface area contributed by atoms with Gasteiger partial charge in [0.25, 0.3) is 0 Å². The summed E-state index contributed by atoms with van der Waals surface area (Å²) < 4.78 is 17.4. The van der Waals surface area contributed by atoms with E-state index in [-0.39, 0.29) is 12.4 Å². The van der Waals surface area contributed by atoms with Crippen molar-refractivity contribution in [3.8, 4) is 0 Å². The lowest BCUT2D eigenvalue weighted by Crippen LogP contribution is -2.10. The van der Waals surface area contributed by atoms with Crippen LogP contribution in [0.3, 0.4) is 0 Å². The number of hydrogen-bond acceptors (Lipinski definition) is 2. The van der Waals surface area contributed by atoms with Gasteiger partial charge in [-0.25, -0.2) is 4.39 Å². The van der Waals surface area contributed by atoms with Crippen LogP contribution in [-0.4, -0.2) is 6.67 Å². The van der Waals surface area contributed by atoms with E-state index in [0.717, 1.165) is 0 Å². The van der Waals surface area contributed by atoms with Crippen molar-refractivity contribution in [1.29, 1.82) is 0 Å². The van der Waals surface area contributed by atoms with Crippen molar-refractivity contribution < 1.29 is 8.81 Å². The average molecular weight is 244 g/mol. The Morgan fingerprint density at radius 3 is 2.64 bits per heavy atom. The van der Waals surface area contributed by atoms with Gasteiger partial charge in [-0.2, -0.15) is 0 Å². The zero-order valence-electron chi connectivity index (χ0n) is 5.59. The molecule has 2 nitrogen and oxygen atoms in total. The summed E-state index contributed by atoms with van der Waals surface area (Å²) >= 11 is 3.08. The van der Waals surface area contributed by atoms with E-state index >= 15 is 0 Å². The highest BCUT2D eigenvalue weighted by Gasteiger charge is 2.08. The second-order valence-electron chi connectivity index (χ2n) is 1.90. The normalized spacial score (nSPS) is 12.3. The first kappa shape index (κ1) is 10.9. The molecule has 5 heteroatoms. The second-order valence-corrected chi connectivity index (χ2v) is 2.68. The van der Waals surface area contributed by atoms with Crippen LogP contribution in [0.4, 0.5) is 4.39 Å². The van der Waals surface area contributed by atoms with E-state index in [1.807, 2.05) is 0 Å². The molecule has 0 radical (unpaired) electrons. The molecular weight excluding hydrogens is 236 g/mol. The van der Waals surface area contributed by atoms with Gasteiger partial charge in [0, 0.05) is 0 Å². The Hall–Kier alpha value is -0.0600. The van der Waals surface area contributed by atoms with Crippen molar-refractivity contribution in [3.63, 3.8) is 0 Å². The molecule has 0 amide bonds. The molecule has 1 aromatic rings. The monoisotopic (exact) mass is 243 g/mol. The minimum Gasteiger partial charge on any atom is -0.453 e. The Balaban J connectivity index is 0.000001000. The van der Waals surface area contributed by atoms with E-state index in [1.54, 1.807) is 12.1 Å². The fourth-order valence-electron chi connectivity index (χ4n) is 0.604. The fraction of sp³-hybridized carbons (Fsp3) is 0.333. The zero-order valence-corrected chi connectivity index (χ0v) is 7.99. The van der Waals surface area contributed by atoms with Crippen molar-refractivity contribution in [2.45, 2.75) is 6.04 Å². The van der Waals surface area contributed by atoms with Gasteiger partial charge in [-0.3, -0.25) is 0 Å². The third-order valence-electron chi connectivity index (χ3n) is 1.13. The van der Waals surface area contributed by atoms with Gasteiger partial charge in [0.1, 0.15) is 12.4 Å². The first-order valence-electron chi connectivity index (χ1n) is 2.81. The molecular formula is C6H8BrClFNO. The minimum absolute atomic E-state index is 0. The molecule has 0 aliphatic carbocycles. The van der Waals surface area contributed by atoms with Gasteiger partial charge in [0.05, 0.1) is 6.04 Å². The number of furan rings is 1. The fourth-order valence-corrected chi connectivity index (χ4v) is 0.923. The number of rotatable bonds is 2. The summed E-state index contributed by atoms with van der Waals surface area (Å²) in [6.07, 6.45) is 0. The highest BCUT2D eigenvalue weighted by molar-refractivity contribution is 9.10. The Bertz CT molecular complexity index is 218. The number of hydrogen-bond donors (Lipinski definition) is 1. The summed E-state index contributed by atoms with van der Waals surface area (Å²) in [4.78, 5) is 0. The predicted molar refractivity (Wildman–Crippen MR) is 46.6 cm³/mol. The first-order valence-corrected chi connectivity index (χ1v) is 3.60. The van der Waals surface area contributed by atoms with E-state index in [4.69, 9.17) is 10.2 Å². The Morgan fingerprint density at radius 1 is 1.64 bits per heavy atom. The van der Waals surface area contributed by atoms with E-state index in [2.05, 4.69) is 15.9 Å². The summed E-state index contributed by atoms with van der Waals surface area (Å²) in [5.74, 6) is 0.467. The third-order valence-corrected chi connectivity index (χ3v) is 1.55. The molecule has 0 bridgehead atoms. The smallest absolute Gasteiger partial charge is 0.169 e. The van der Waals surface area contributed by atoms with Crippen molar-refractivity contribution in [2.75, 3.05) is 6.67 Å². The summed E-state index contributed by atoms with van der Waals surface area (Å²) in [5.41, 5.74) is 5.32. The van der Waals surface area contributed by atoms with Gasteiger partial charge >= 0.3 is 0 Å². The summed E-state index contributed by atoms with van der Waals surface area (Å²) in [6.45, 7) is -0.597. The molecule has 0 unspecified atom stereocenters. The van der Waals surface area contributed by atoms with Gasteiger partial charge in [-0.1, -0.05) is 0 Å². The van der Waals surface area contributed by atoms with E-state index in [1.165, 1.54) is 0 Å². The summed E-state index contributed by atoms with van der Waals surface area (Å²) in [5, 5.41) is 0. The zero-order chi connectivity index (χ0) is 7.56. The molecule has 0 aliphatic heterocycles. The molecule has 0 aromatic carbocycles. The van der Waals surface area contributed by atoms with Crippen LogP contribution in [0, 0.1) is 0 Å².